The lowest BCUT2D eigenvalue weighted by Gasteiger charge is -2.32. The first kappa shape index (κ1) is 16.8. The van der Waals surface area contributed by atoms with Crippen LogP contribution >= 0.6 is 0 Å². The second kappa shape index (κ2) is 6.66. The molecule has 1 aromatic carbocycles. The number of hydrogen-bond acceptors (Lipinski definition) is 4. The summed E-state index contributed by atoms with van der Waals surface area (Å²) in [6, 6.07) is 6.52. The summed E-state index contributed by atoms with van der Waals surface area (Å²) in [5.41, 5.74) is 0.980. The van der Waals surface area contributed by atoms with Gasteiger partial charge < -0.3 is 10.0 Å². The Hall–Kier alpha value is -1.60. The zero-order chi connectivity index (χ0) is 16.3. The maximum Gasteiger partial charge on any atom is 0.407 e. The molecule has 0 radical (unpaired) electrons. The van der Waals surface area contributed by atoms with Crippen LogP contribution in [0.2, 0.25) is 0 Å². The molecule has 1 heterocycles. The van der Waals surface area contributed by atoms with E-state index in [2.05, 4.69) is 0 Å². The molecule has 1 saturated heterocycles. The zero-order valence-electron chi connectivity index (χ0n) is 12.7. The van der Waals surface area contributed by atoms with E-state index < -0.39 is 22.3 Å². The minimum Gasteiger partial charge on any atom is -0.465 e. The van der Waals surface area contributed by atoms with Crippen molar-refractivity contribution < 1.29 is 22.5 Å². The zero-order valence-corrected chi connectivity index (χ0v) is 13.5. The third-order valence-corrected chi connectivity index (χ3v) is 5.47. The van der Waals surface area contributed by atoms with Crippen molar-refractivity contribution in [3.63, 3.8) is 0 Å². The number of amides is 1. The molecule has 0 bridgehead atoms. The van der Waals surface area contributed by atoms with Crippen LogP contribution in [0.4, 0.5) is 4.79 Å². The van der Waals surface area contributed by atoms with Gasteiger partial charge in [-0.2, -0.15) is 8.42 Å². The van der Waals surface area contributed by atoms with Crippen molar-refractivity contribution in [2.24, 2.45) is 5.92 Å². The van der Waals surface area contributed by atoms with Crippen molar-refractivity contribution in [3.8, 4) is 0 Å². The van der Waals surface area contributed by atoms with Gasteiger partial charge in [0.25, 0.3) is 10.1 Å². The Labute approximate surface area is 130 Å². The van der Waals surface area contributed by atoms with E-state index >= 15 is 0 Å². The summed E-state index contributed by atoms with van der Waals surface area (Å²) in [6.07, 6.45) is -0.185. The summed E-state index contributed by atoms with van der Waals surface area (Å²) in [5.74, 6) is 0.0378. The summed E-state index contributed by atoms with van der Waals surface area (Å²) in [7, 11) is -3.79. The Bertz CT molecular complexity index is 618. The van der Waals surface area contributed by atoms with Crippen molar-refractivity contribution in [3.05, 3.63) is 29.8 Å². The van der Waals surface area contributed by atoms with Gasteiger partial charge in [-0.05, 0) is 44.7 Å². The maximum absolute atomic E-state index is 12.2. The molecule has 122 valence electrons. The van der Waals surface area contributed by atoms with Gasteiger partial charge >= 0.3 is 6.09 Å². The second-order valence-corrected chi connectivity index (χ2v) is 7.25. The lowest BCUT2D eigenvalue weighted by atomic mass is 9.92. The van der Waals surface area contributed by atoms with Gasteiger partial charge in [0, 0.05) is 13.1 Å². The van der Waals surface area contributed by atoms with Gasteiger partial charge in [-0.15, -0.1) is 0 Å². The van der Waals surface area contributed by atoms with E-state index in [1.807, 2.05) is 6.92 Å². The number of likely N-dealkylation sites (tertiary alicyclic amines) is 1. The van der Waals surface area contributed by atoms with Crippen LogP contribution in [0.25, 0.3) is 0 Å². The molecule has 2 rings (SSSR count). The highest BCUT2D eigenvalue weighted by Gasteiger charge is 2.30. The van der Waals surface area contributed by atoms with Gasteiger partial charge in [-0.3, -0.25) is 4.18 Å². The fraction of sp³-hybridized carbons (Fsp3) is 0.533. The lowest BCUT2D eigenvalue weighted by molar-refractivity contribution is 0.0842. The molecule has 0 saturated carbocycles. The van der Waals surface area contributed by atoms with Crippen LogP contribution in [0.1, 0.15) is 25.3 Å². The summed E-state index contributed by atoms with van der Waals surface area (Å²) >= 11 is 0. The molecule has 1 fully saturated rings. The summed E-state index contributed by atoms with van der Waals surface area (Å²) < 4.78 is 29.8. The van der Waals surface area contributed by atoms with Crippen molar-refractivity contribution in [1.29, 1.82) is 0 Å². The number of benzene rings is 1. The Morgan fingerprint density at radius 2 is 1.82 bits per heavy atom. The van der Waals surface area contributed by atoms with E-state index in [1.165, 1.54) is 17.0 Å². The van der Waals surface area contributed by atoms with Crippen LogP contribution in [0.3, 0.4) is 0 Å². The fourth-order valence-electron chi connectivity index (χ4n) is 2.60. The van der Waals surface area contributed by atoms with Crippen molar-refractivity contribution in [2.75, 3.05) is 13.1 Å². The molecule has 1 N–H and O–H groups in total. The Morgan fingerprint density at radius 1 is 1.27 bits per heavy atom. The average Bonchev–Trinajstić information content (AvgIpc) is 2.47. The summed E-state index contributed by atoms with van der Waals surface area (Å²) in [4.78, 5) is 12.4. The summed E-state index contributed by atoms with van der Waals surface area (Å²) in [5, 5.41) is 8.92. The van der Waals surface area contributed by atoms with Crippen LogP contribution in [0.15, 0.2) is 29.2 Å². The topological polar surface area (TPSA) is 83.9 Å². The number of nitrogens with zero attached hydrogens (tertiary/aromatic N) is 1. The van der Waals surface area contributed by atoms with E-state index in [4.69, 9.17) is 9.29 Å². The van der Waals surface area contributed by atoms with Gasteiger partial charge in [0.2, 0.25) is 0 Å². The third kappa shape index (κ3) is 3.98. The van der Waals surface area contributed by atoms with Gasteiger partial charge in [0.1, 0.15) is 0 Å². The second-order valence-electron chi connectivity index (χ2n) is 5.68. The molecular weight excluding hydrogens is 306 g/mol. The number of hydrogen-bond donors (Lipinski definition) is 1. The quantitative estimate of drug-likeness (QED) is 0.859. The van der Waals surface area contributed by atoms with Gasteiger partial charge in [-0.25, -0.2) is 4.79 Å². The van der Waals surface area contributed by atoms with Crippen molar-refractivity contribution in [2.45, 2.75) is 37.7 Å². The Kier molecular flexibility index (Phi) is 5.08. The SMILES string of the molecule is Cc1ccc(S(=O)(=O)OC(C)C2CCN(C(=O)O)CC2)cc1. The predicted molar refractivity (Wildman–Crippen MR) is 81.2 cm³/mol. The molecule has 6 nitrogen and oxygen atoms in total. The van der Waals surface area contributed by atoms with E-state index in [-0.39, 0.29) is 10.8 Å². The molecule has 22 heavy (non-hydrogen) atoms. The number of carbonyl (C=O) groups is 1. The molecule has 0 aromatic heterocycles. The van der Waals surface area contributed by atoms with Crippen LogP contribution in [0, 0.1) is 12.8 Å². The van der Waals surface area contributed by atoms with E-state index in [0.717, 1.165) is 5.56 Å². The van der Waals surface area contributed by atoms with Crippen LogP contribution < -0.4 is 0 Å². The van der Waals surface area contributed by atoms with Gasteiger partial charge in [0.05, 0.1) is 11.0 Å². The molecule has 0 spiro atoms. The first-order chi connectivity index (χ1) is 10.3. The highest BCUT2D eigenvalue weighted by Crippen LogP contribution is 2.25. The predicted octanol–water partition coefficient (Wildman–Crippen LogP) is 2.48. The molecule has 7 heteroatoms. The monoisotopic (exact) mass is 327 g/mol. The molecule has 1 amide bonds. The Morgan fingerprint density at radius 3 is 2.32 bits per heavy atom. The number of piperidine rings is 1. The molecule has 1 aromatic rings. The van der Waals surface area contributed by atoms with Crippen molar-refractivity contribution in [1.82, 2.24) is 4.90 Å². The largest absolute Gasteiger partial charge is 0.465 e. The minimum absolute atomic E-state index is 0.0378. The summed E-state index contributed by atoms with van der Waals surface area (Å²) in [6.45, 7) is 4.44. The van der Waals surface area contributed by atoms with E-state index in [0.29, 0.717) is 25.9 Å². The van der Waals surface area contributed by atoms with Crippen LogP contribution in [0.5, 0.6) is 0 Å². The highest BCUT2D eigenvalue weighted by atomic mass is 32.2. The first-order valence-electron chi connectivity index (χ1n) is 7.27. The standard InChI is InChI=1S/C15H21NO5S/c1-11-3-5-14(6-4-11)22(19,20)21-12(2)13-7-9-16(10-8-13)15(17)18/h3-6,12-13H,7-10H2,1-2H3,(H,17,18). The van der Waals surface area contributed by atoms with Gasteiger partial charge in [-0.1, -0.05) is 17.7 Å². The number of aryl methyl sites for hydroxylation is 1. The maximum atomic E-state index is 12.2. The highest BCUT2D eigenvalue weighted by molar-refractivity contribution is 7.86. The Balaban J connectivity index is 1.98. The fourth-order valence-corrected chi connectivity index (χ4v) is 3.74. The molecule has 1 aliphatic rings. The molecule has 1 unspecified atom stereocenters. The smallest absolute Gasteiger partial charge is 0.407 e. The molecule has 1 aliphatic heterocycles. The number of carboxylic acid groups (broad SMARTS) is 1. The molecule has 0 aliphatic carbocycles. The minimum atomic E-state index is -3.79. The average molecular weight is 327 g/mol. The third-order valence-electron chi connectivity index (χ3n) is 4.06. The first-order valence-corrected chi connectivity index (χ1v) is 8.68. The van der Waals surface area contributed by atoms with Crippen molar-refractivity contribution >= 4 is 16.2 Å². The van der Waals surface area contributed by atoms with Crippen LogP contribution in [-0.2, 0) is 14.3 Å². The van der Waals surface area contributed by atoms with E-state index in [1.54, 1.807) is 19.1 Å². The molecular formula is C15H21NO5S. The van der Waals surface area contributed by atoms with E-state index in [9.17, 15) is 13.2 Å². The van der Waals surface area contributed by atoms with Gasteiger partial charge in [0.15, 0.2) is 0 Å². The van der Waals surface area contributed by atoms with Crippen LogP contribution in [-0.4, -0.2) is 43.7 Å². The normalized spacial score (nSPS) is 18.2. The number of rotatable bonds is 4. The lowest BCUT2D eigenvalue weighted by Crippen LogP contribution is -2.40. The molecule has 1 atom stereocenters.